The van der Waals surface area contributed by atoms with Gasteiger partial charge in [0.05, 0.1) is 11.7 Å². The number of halogens is 3. The molecule has 0 heterocycles. The van der Waals surface area contributed by atoms with Crippen molar-refractivity contribution in [2.45, 2.75) is 51.8 Å². The van der Waals surface area contributed by atoms with Gasteiger partial charge in [-0.2, -0.15) is 13.2 Å². The van der Waals surface area contributed by atoms with Crippen LogP contribution in [-0.2, 0) is 6.18 Å². The Morgan fingerprint density at radius 1 is 0.867 bits per heavy atom. The molecule has 0 saturated carbocycles. The van der Waals surface area contributed by atoms with Gasteiger partial charge in [-0.15, -0.1) is 0 Å². The topological polar surface area (TPSA) is 23.5 Å². The molecule has 0 saturated heterocycles. The molecule has 30 heavy (non-hydrogen) atoms. The Hall–Kier alpha value is -2.11. The normalized spacial score (nSPS) is 13.4. The number of hydrogen-bond acceptors (Lipinski definition) is 2. The van der Waals surface area contributed by atoms with Gasteiger partial charge in [0.15, 0.2) is 0 Å². The van der Waals surface area contributed by atoms with Crippen molar-refractivity contribution in [2.24, 2.45) is 0 Å². The third kappa shape index (κ3) is 5.13. The summed E-state index contributed by atoms with van der Waals surface area (Å²) in [6, 6.07) is 13.2. The van der Waals surface area contributed by atoms with E-state index in [1.807, 2.05) is 30.3 Å². The van der Waals surface area contributed by atoms with Crippen molar-refractivity contribution in [3.05, 3.63) is 59.7 Å². The van der Waals surface area contributed by atoms with E-state index in [2.05, 4.69) is 18.7 Å². The Balaban J connectivity index is 2.05. The van der Waals surface area contributed by atoms with E-state index in [1.165, 1.54) is 12.1 Å². The Kier molecular flexibility index (Phi) is 7.37. The first kappa shape index (κ1) is 22.6. The van der Waals surface area contributed by atoms with Crippen LogP contribution in [0.1, 0.15) is 56.8 Å². The fraction of sp³-hybridized carbons (Fsp3) is 0.440. The third-order valence-electron chi connectivity index (χ3n) is 5.67. The number of nitrogens with zero attached hydrogens (tertiary/aromatic N) is 1. The molecular formula is C25H30F3NO. The zero-order valence-electron chi connectivity index (χ0n) is 17.7. The van der Waals surface area contributed by atoms with E-state index in [4.69, 9.17) is 0 Å². The SMILES string of the molecule is CCCCN(CCCC)CC(O)c1cc2ccccc2c2cc(C(F)(F)F)ccc12. The summed E-state index contributed by atoms with van der Waals surface area (Å²) in [6.45, 7) is 6.59. The molecule has 1 atom stereocenters. The van der Waals surface area contributed by atoms with E-state index in [-0.39, 0.29) is 0 Å². The van der Waals surface area contributed by atoms with E-state index in [1.54, 1.807) is 0 Å². The molecule has 1 N–H and O–H groups in total. The maximum atomic E-state index is 13.3. The van der Waals surface area contributed by atoms with Crippen molar-refractivity contribution in [2.75, 3.05) is 19.6 Å². The lowest BCUT2D eigenvalue weighted by molar-refractivity contribution is -0.137. The van der Waals surface area contributed by atoms with Crippen LogP contribution >= 0.6 is 0 Å². The van der Waals surface area contributed by atoms with Crippen molar-refractivity contribution in [3.8, 4) is 0 Å². The fourth-order valence-corrected chi connectivity index (χ4v) is 3.99. The molecule has 3 aromatic rings. The van der Waals surface area contributed by atoms with E-state index in [0.29, 0.717) is 22.9 Å². The first-order valence-electron chi connectivity index (χ1n) is 10.8. The van der Waals surface area contributed by atoms with Crippen LogP contribution in [0.5, 0.6) is 0 Å². The average Bonchev–Trinajstić information content (AvgIpc) is 2.73. The van der Waals surface area contributed by atoms with Crippen molar-refractivity contribution in [3.63, 3.8) is 0 Å². The van der Waals surface area contributed by atoms with Crippen molar-refractivity contribution >= 4 is 21.5 Å². The minimum atomic E-state index is -4.40. The molecule has 162 valence electrons. The summed E-state index contributed by atoms with van der Waals surface area (Å²) in [6.07, 6.45) is -0.882. The van der Waals surface area contributed by atoms with E-state index >= 15 is 0 Å². The maximum Gasteiger partial charge on any atom is 0.416 e. The highest BCUT2D eigenvalue weighted by Crippen LogP contribution is 2.37. The molecule has 0 bridgehead atoms. The first-order chi connectivity index (χ1) is 14.3. The molecule has 0 aliphatic heterocycles. The minimum Gasteiger partial charge on any atom is -0.387 e. The molecule has 2 nitrogen and oxygen atoms in total. The lowest BCUT2D eigenvalue weighted by Crippen LogP contribution is -2.30. The molecule has 0 aromatic heterocycles. The predicted molar refractivity (Wildman–Crippen MR) is 118 cm³/mol. The van der Waals surface area contributed by atoms with Crippen molar-refractivity contribution in [1.82, 2.24) is 4.90 Å². The second kappa shape index (κ2) is 9.80. The van der Waals surface area contributed by atoms with Crippen molar-refractivity contribution < 1.29 is 18.3 Å². The largest absolute Gasteiger partial charge is 0.416 e. The molecule has 3 rings (SSSR count). The Bertz CT molecular complexity index is 975. The third-order valence-corrected chi connectivity index (χ3v) is 5.67. The van der Waals surface area contributed by atoms with Crippen molar-refractivity contribution in [1.29, 1.82) is 0 Å². The van der Waals surface area contributed by atoms with Gasteiger partial charge < -0.3 is 10.0 Å². The molecule has 0 radical (unpaired) electrons. The molecule has 5 heteroatoms. The molecule has 0 amide bonds. The second-order valence-corrected chi connectivity index (χ2v) is 7.97. The van der Waals surface area contributed by atoms with Gasteiger partial charge in [0.1, 0.15) is 0 Å². The van der Waals surface area contributed by atoms with Gasteiger partial charge in [-0.25, -0.2) is 0 Å². The van der Waals surface area contributed by atoms with Crippen LogP contribution in [0.2, 0.25) is 0 Å². The highest BCUT2D eigenvalue weighted by Gasteiger charge is 2.31. The van der Waals surface area contributed by atoms with Gasteiger partial charge in [-0.05, 0) is 71.2 Å². The summed E-state index contributed by atoms with van der Waals surface area (Å²) in [5, 5.41) is 13.9. The summed E-state index contributed by atoms with van der Waals surface area (Å²) in [5.74, 6) is 0. The van der Waals surface area contributed by atoms with Gasteiger partial charge >= 0.3 is 6.18 Å². The summed E-state index contributed by atoms with van der Waals surface area (Å²) >= 11 is 0. The van der Waals surface area contributed by atoms with Crippen LogP contribution in [0, 0.1) is 0 Å². The van der Waals surface area contributed by atoms with Crippen LogP contribution < -0.4 is 0 Å². The highest BCUT2D eigenvalue weighted by atomic mass is 19.4. The van der Waals surface area contributed by atoms with Crippen LogP contribution in [0.4, 0.5) is 13.2 Å². The zero-order chi connectivity index (χ0) is 21.7. The van der Waals surface area contributed by atoms with E-state index in [9.17, 15) is 18.3 Å². The zero-order valence-corrected chi connectivity index (χ0v) is 17.7. The number of unbranched alkanes of at least 4 members (excludes halogenated alkanes) is 2. The maximum absolute atomic E-state index is 13.3. The van der Waals surface area contributed by atoms with Crippen LogP contribution in [0.3, 0.4) is 0 Å². The van der Waals surface area contributed by atoms with Gasteiger partial charge in [0.25, 0.3) is 0 Å². The molecule has 0 fully saturated rings. The summed E-state index contributed by atoms with van der Waals surface area (Å²) in [5.41, 5.74) is 0.0229. The lowest BCUT2D eigenvalue weighted by atomic mass is 9.93. The number of benzene rings is 3. The van der Waals surface area contributed by atoms with E-state index in [0.717, 1.165) is 55.6 Å². The number of fused-ring (bicyclic) bond motifs is 3. The Morgan fingerprint density at radius 3 is 2.17 bits per heavy atom. The number of hydrogen-bond donors (Lipinski definition) is 1. The Morgan fingerprint density at radius 2 is 1.53 bits per heavy atom. The molecule has 0 aliphatic carbocycles. The number of alkyl halides is 3. The van der Waals surface area contributed by atoms with Crippen LogP contribution in [0.25, 0.3) is 21.5 Å². The quantitative estimate of drug-likeness (QED) is 0.381. The number of aliphatic hydroxyl groups is 1. The molecule has 0 aliphatic rings. The molecular weight excluding hydrogens is 387 g/mol. The molecule has 0 spiro atoms. The second-order valence-electron chi connectivity index (χ2n) is 7.97. The number of rotatable bonds is 9. The standard InChI is InChI=1S/C25H30F3NO/c1-3-5-13-29(14-6-4-2)17-24(30)23-15-18-9-7-8-10-20(18)22-16-19(25(26,27)28)11-12-21(22)23/h7-12,15-16,24,30H,3-6,13-14,17H2,1-2H3. The van der Waals surface area contributed by atoms with Crippen LogP contribution in [-0.4, -0.2) is 29.6 Å². The fourth-order valence-electron chi connectivity index (χ4n) is 3.99. The smallest absolute Gasteiger partial charge is 0.387 e. The molecule has 3 aromatic carbocycles. The number of aliphatic hydroxyl groups excluding tert-OH is 1. The summed E-state index contributed by atoms with van der Waals surface area (Å²) in [7, 11) is 0. The summed E-state index contributed by atoms with van der Waals surface area (Å²) in [4.78, 5) is 2.27. The minimum absolute atomic E-state index is 0.481. The van der Waals surface area contributed by atoms with Gasteiger partial charge in [-0.3, -0.25) is 0 Å². The molecule has 1 unspecified atom stereocenters. The monoisotopic (exact) mass is 417 g/mol. The van der Waals surface area contributed by atoms with Gasteiger partial charge in [0, 0.05) is 6.54 Å². The van der Waals surface area contributed by atoms with E-state index < -0.39 is 17.8 Å². The summed E-state index contributed by atoms with van der Waals surface area (Å²) < 4.78 is 40.0. The highest BCUT2D eigenvalue weighted by molar-refractivity contribution is 6.09. The first-order valence-corrected chi connectivity index (χ1v) is 10.8. The van der Waals surface area contributed by atoms with Crippen LogP contribution in [0.15, 0.2) is 48.5 Å². The average molecular weight is 418 g/mol. The van der Waals surface area contributed by atoms with Gasteiger partial charge in [-0.1, -0.05) is 57.0 Å². The van der Waals surface area contributed by atoms with Gasteiger partial charge in [0.2, 0.25) is 0 Å². The lowest BCUT2D eigenvalue weighted by Gasteiger charge is -2.26. The predicted octanol–water partition coefficient (Wildman–Crippen LogP) is 6.95. The Labute approximate surface area is 176 Å².